The van der Waals surface area contributed by atoms with Gasteiger partial charge in [0.25, 0.3) is 5.91 Å². The molecule has 2 heterocycles. The molecule has 4 aromatic rings. The number of halogens is 2. The Morgan fingerprint density at radius 3 is 2.48 bits per heavy atom. The zero-order chi connectivity index (χ0) is 23.1. The first-order chi connectivity index (χ1) is 15.9. The Bertz CT molecular complexity index is 1440. The predicted molar refractivity (Wildman–Crippen MR) is 139 cm³/mol. The standard InChI is InChI=1S/C26H18ClFN2OS2/c1-16-21(14-24-25(31)30(26(32)33-24)19-12-10-18(27)11-13-19)20-7-3-5-9-23(20)29(16)15-17-6-2-4-8-22(17)28/h2-14H,15H2,1H3/b24-14+. The van der Waals surface area contributed by atoms with Crippen LogP contribution in [0.2, 0.25) is 5.02 Å². The van der Waals surface area contributed by atoms with Gasteiger partial charge in [-0.1, -0.05) is 72.0 Å². The van der Waals surface area contributed by atoms with Crippen molar-refractivity contribution >= 4 is 68.5 Å². The van der Waals surface area contributed by atoms with Crippen molar-refractivity contribution in [3.05, 3.63) is 105 Å². The highest BCUT2D eigenvalue weighted by Gasteiger charge is 2.33. The van der Waals surface area contributed by atoms with Gasteiger partial charge in [-0.05, 0) is 49.4 Å². The monoisotopic (exact) mass is 492 g/mol. The van der Waals surface area contributed by atoms with Gasteiger partial charge in [-0.2, -0.15) is 0 Å². The van der Waals surface area contributed by atoms with Crippen molar-refractivity contribution in [1.82, 2.24) is 4.57 Å². The lowest BCUT2D eigenvalue weighted by molar-refractivity contribution is -0.113. The zero-order valence-electron chi connectivity index (χ0n) is 17.6. The van der Waals surface area contributed by atoms with Crippen molar-refractivity contribution in [2.24, 2.45) is 0 Å². The Morgan fingerprint density at radius 1 is 1.03 bits per heavy atom. The van der Waals surface area contributed by atoms with Gasteiger partial charge in [0.1, 0.15) is 5.82 Å². The molecule has 0 radical (unpaired) electrons. The SMILES string of the molecule is Cc1c(/C=C2/SC(=S)N(c3ccc(Cl)cc3)C2=O)c2ccccc2n1Cc1ccccc1F. The molecule has 0 aliphatic carbocycles. The van der Waals surface area contributed by atoms with Crippen molar-refractivity contribution in [2.75, 3.05) is 4.90 Å². The number of anilines is 1. The number of hydrogen-bond donors (Lipinski definition) is 0. The smallest absolute Gasteiger partial charge is 0.270 e. The van der Waals surface area contributed by atoms with E-state index in [0.29, 0.717) is 32.0 Å². The molecular formula is C26H18ClFN2OS2. The summed E-state index contributed by atoms with van der Waals surface area (Å²) in [5.41, 5.74) is 4.17. The molecule has 1 aliphatic rings. The maximum atomic E-state index is 14.4. The highest BCUT2D eigenvalue weighted by Crippen LogP contribution is 2.38. The number of carbonyl (C=O) groups is 1. The maximum absolute atomic E-state index is 14.4. The molecule has 1 aromatic heterocycles. The fraction of sp³-hybridized carbons (Fsp3) is 0.0769. The van der Waals surface area contributed by atoms with E-state index in [1.165, 1.54) is 22.7 Å². The lowest BCUT2D eigenvalue weighted by Crippen LogP contribution is -2.27. The molecule has 0 atom stereocenters. The lowest BCUT2D eigenvalue weighted by Gasteiger charge is -2.14. The third kappa shape index (κ3) is 3.99. The molecule has 1 fully saturated rings. The van der Waals surface area contributed by atoms with Gasteiger partial charge in [0, 0.05) is 32.7 Å². The second-order valence-electron chi connectivity index (χ2n) is 7.69. The number of para-hydroxylation sites is 1. The third-order valence-corrected chi connectivity index (χ3v) is 7.27. The molecule has 0 spiro atoms. The quantitative estimate of drug-likeness (QED) is 0.222. The molecular weight excluding hydrogens is 475 g/mol. The van der Waals surface area contributed by atoms with Crippen LogP contribution in [0.3, 0.4) is 0 Å². The largest absolute Gasteiger partial charge is 0.340 e. The number of thioether (sulfide) groups is 1. The second-order valence-corrected chi connectivity index (χ2v) is 9.80. The zero-order valence-corrected chi connectivity index (χ0v) is 20.0. The molecule has 1 saturated heterocycles. The van der Waals surface area contributed by atoms with Gasteiger partial charge < -0.3 is 4.57 Å². The summed E-state index contributed by atoms with van der Waals surface area (Å²) in [6.07, 6.45) is 1.89. The van der Waals surface area contributed by atoms with Crippen molar-refractivity contribution in [2.45, 2.75) is 13.5 Å². The molecule has 7 heteroatoms. The molecule has 0 unspecified atom stereocenters. The first-order valence-corrected chi connectivity index (χ1v) is 11.9. The van der Waals surface area contributed by atoms with E-state index in [4.69, 9.17) is 23.8 Å². The Morgan fingerprint density at radius 2 is 1.73 bits per heavy atom. The number of thiocarbonyl (C=S) groups is 1. The molecule has 164 valence electrons. The Kier molecular flexibility index (Phi) is 5.83. The number of aromatic nitrogens is 1. The van der Waals surface area contributed by atoms with Gasteiger partial charge in [0.2, 0.25) is 0 Å². The summed E-state index contributed by atoms with van der Waals surface area (Å²) in [6.45, 7) is 2.39. The molecule has 1 amide bonds. The summed E-state index contributed by atoms with van der Waals surface area (Å²) in [4.78, 5) is 15.3. The molecule has 33 heavy (non-hydrogen) atoms. The summed E-state index contributed by atoms with van der Waals surface area (Å²) in [5, 5.41) is 1.60. The summed E-state index contributed by atoms with van der Waals surface area (Å²) >= 11 is 12.8. The number of benzene rings is 3. The van der Waals surface area contributed by atoms with E-state index in [9.17, 15) is 9.18 Å². The average molecular weight is 493 g/mol. The minimum absolute atomic E-state index is 0.169. The highest BCUT2D eigenvalue weighted by molar-refractivity contribution is 8.27. The van der Waals surface area contributed by atoms with Gasteiger partial charge >= 0.3 is 0 Å². The number of carbonyl (C=O) groups excluding carboxylic acids is 1. The van der Waals surface area contributed by atoms with E-state index in [1.54, 1.807) is 36.4 Å². The Balaban J connectivity index is 1.57. The van der Waals surface area contributed by atoms with Gasteiger partial charge in [-0.25, -0.2) is 4.39 Å². The number of rotatable bonds is 4. The summed E-state index contributed by atoms with van der Waals surface area (Å²) < 4.78 is 16.9. The molecule has 0 bridgehead atoms. The summed E-state index contributed by atoms with van der Waals surface area (Å²) in [5.74, 6) is -0.405. The first-order valence-electron chi connectivity index (χ1n) is 10.3. The van der Waals surface area contributed by atoms with Crippen LogP contribution in [0, 0.1) is 12.7 Å². The van der Waals surface area contributed by atoms with Gasteiger partial charge in [-0.3, -0.25) is 9.69 Å². The highest BCUT2D eigenvalue weighted by atomic mass is 35.5. The Labute approximate surface area is 205 Å². The number of nitrogens with zero attached hydrogens (tertiary/aromatic N) is 2. The van der Waals surface area contributed by atoms with Crippen molar-refractivity contribution in [3.63, 3.8) is 0 Å². The first kappa shape index (κ1) is 21.9. The maximum Gasteiger partial charge on any atom is 0.270 e. The van der Waals surface area contributed by atoms with Crippen LogP contribution in [0.15, 0.2) is 77.7 Å². The van der Waals surface area contributed by atoms with E-state index in [0.717, 1.165) is 22.2 Å². The van der Waals surface area contributed by atoms with Crippen molar-refractivity contribution in [1.29, 1.82) is 0 Å². The number of hydrogen-bond acceptors (Lipinski definition) is 3. The van der Waals surface area contributed by atoms with Crippen LogP contribution in [0.4, 0.5) is 10.1 Å². The summed E-state index contributed by atoms with van der Waals surface area (Å²) in [6, 6.07) is 21.8. The van der Waals surface area contributed by atoms with E-state index in [-0.39, 0.29) is 11.7 Å². The normalized spacial score (nSPS) is 15.2. The van der Waals surface area contributed by atoms with Crippen LogP contribution >= 0.6 is 35.6 Å². The fourth-order valence-electron chi connectivity index (χ4n) is 4.05. The van der Waals surface area contributed by atoms with Gasteiger partial charge in [-0.15, -0.1) is 0 Å². The second kappa shape index (κ2) is 8.78. The Hall–Kier alpha value is -2.93. The predicted octanol–water partition coefficient (Wildman–Crippen LogP) is 7.20. The van der Waals surface area contributed by atoms with E-state index in [1.807, 2.05) is 43.3 Å². The van der Waals surface area contributed by atoms with Crippen LogP contribution in [0.1, 0.15) is 16.8 Å². The minimum Gasteiger partial charge on any atom is -0.340 e. The number of fused-ring (bicyclic) bond motifs is 1. The van der Waals surface area contributed by atoms with Crippen LogP contribution in [-0.4, -0.2) is 14.8 Å². The van der Waals surface area contributed by atoms with E-state index >= 15 is 0 Å². The van der Waals surface area contributed by atoms with Crippen LogP contribution in [0.25, 0.3) is 17.0 Å². The van der Waals surface area contributed by atoms with Gasteiger partial charge in [0.05, 0.1) is 17.1 Å². The molecule has 0 N–H and O–H groups in total. The van der Waals surface area contributed by atoms with Crippen molar-refractivity contribution < 1.29 is 9.18 Å². The molecule has 0 saturated carbocycles. The molecule has 1 aliphatic heterocycles. The molecule has 3 nitrogen and oxygen atoms in total. The summed E-state index contributed by atoms with van der Waals surface area (Å²) in [7, 11) is 0. The van der Waals surface area contributed by atoms with Crippen LogP contribution in [-0.2, 0) is 11.3 Å². The minimum atomic E-state index is -0.236. The number of amides is 1. The van der Waals surface area contributed by atoms with Crippen LogP contribution in [0.5, 0.6) is 0 Å². The molecule has 5 rings (SSSR count). The van der Waals surface area contributed by atoms with E-state index < -0.39 is 0 Å². The molecule has 3 aromatic carbocycles. The van der Waals surface area contributed by atoms with Crippen LogP contribution < -0.4 is 4.90 Å². The fourth-order valence-corrected chi connectivity index (χ4v) is 5.46. The topological polar surface area (TPSA) is 25.2 Å². The van der Waals surface area contributed by atoms with Crippen molar-refractivity contribution in [3.8, 4) is 0 Å². The third-order valence-electron chi connectivity index (χ3n) is 5.72. The lowest BCUT2D eigenvalue weighted by atomic mass is 10.1. The average Bonchev–Trinajstić information content (AvgIpc) is 3.24. The van der Waals surface area contributed by atoms with Gasteiger partial charge in [0.15, 0.2) is 4.32 Å². The van der Waals surface area contributed by atoms with E-state index in [2.05, 4.69) is 4.57 Å².